The summed E-state index contributed by atoms with van der Waals surface area (Å²) in [7, 11) is 3.93. The van der Waals surface area contributed by atoms with Crippen LogP contribution in [0, 0.1) is 0 Å². The van der Waals surface area contributed by atoms with Crippen LogP contribution in [0.25, 0.3) is 0 Å². The third kappa shape index (κ3) is 3.05. The van der Waals surface area contributed by atoms with Gasteiger partial charge in [-0.25, -0.2) is 0 Å². The molecule has 0 saturated heterocycles. The number of nitrogens with zero attached hydrogens (tertiary/aromatic N) is 1. The first-order valence-electron chi connectivity index (χ1n) is 3.92. The van der Waals surface area contributed by atoms with E-state index < -0.39 is 5.91 Å². The minimum Gasteiger partial charge on any atom is -0.366 e. The van der Waals surface area contributed by atoms with Crippen molar-refractivity contribution in [1.82, 2.24) is 4.90 Å². The van der Waals surface area contributed by atoms with Gasteiger partial charge in [-0.2, -0.15) is 0 Å². The molecule has 3 heteroatoms. The van der Waals surface area contributed by atoms with E-state index in [-0.39, 0.29) is 5.54 Å². The van der Waals surface area contributed by atoms with Gasteiger partial charge in [-0.05, 0) is 34.4 Å². The summed E-state index contributed by atoms with van der Waals surface area (Å²) in [5.41, 5.74) is 5.50. The zero-order valence-electron chi connectivity index (χ0n) is 8.35. The van der Waals surface area contributed by atoms with Gasteiger partial charge in [0.05, 0.1) is 0 Å². The Morgan fingerprint density at radius 1 is 1.50 bits per heavy atom. The second-order valence-electron chi connectivity index (χ2n) is 3.85. The Morgan fingerprint density at radius 3 is 2.17 bits per heavy atom. The first-order chi connectivity index (χ1) is 5.27. The van der Waals surface area contributed by atoms with E-state index in [1.54, 1.807) is 0 Å². The molecule has 0 fully saturated rings. The molecule has 1 amide bonds. The van der Waals surface area contributed by atoms with Gasteiger partial charge in [-0.3, -0.25) is 4.79 Å². The lowest BCUT2D eigenvalue weighted by atomic mass is 9.94. The van der Waals surface area contributed by atoms with Gasteiger partial charge in [0.1, 0.15) is 0 Å². The van der Waals surface area contributed by atoms with Crippen LogP contribution in [0.4, 0.5) is 0 Å². The number of hydrogen-bond donors (Lipinski definition) is 1. The van der Waals surface area contributed by atoms with Crippen LogP contribution in [-0.2, 0) is 4.79 Å². The Morgan fingerprint density at radius 2 is 1.92 bits per heavy atom. The summed E-state index contributed by atoms with van der Waals surface area (Å²) in [5, 5.41) is 0. The van der Waals surface area contributed by atoms with E-state index >= 15 is 0 Å². The van der Waals surface area contributed by atoms with Crippen molar-refractivity contribution in [3.63, 3.8) is 0 Å². The van der Waals surface area contributed by atoms with E-state index in [1.165, 1.54) is 0 Å². The van der Waals surface area contributed by atoms with Crippen molar-refractivity contribution in [3.05, 3.63) is 12.2 Å². The second kappa shape index (κ2) is 3.72. The number of primary amides is 1. The number of hydrogen-bond acceptors (Lipinski definition) is 2. The topological polar surface area (TPSA) is 46.3 Å². The minimum atomic E-state index is -0.412. The van der Waals surface area contributed by atoms with Gasteiger partial charge >= 0.3 is 0 Å². The third-order valence-corrected chi connectivity index (χ3v) is 2.21. The SMILES string of the molecule is C=C(CC(C)(C)N(C)C)C(N)=O. The minimum absolute atomic E-state index is 0.0634. The smallest absolute Gasteiger partial charge is 0.244 e. The molecule has 0 unspecified atom stereocenters. The maximum absolute atomic E-state index is 10.7. The molecule has 0 saturated carbocycles. The van der Waals surface area contributed by atoms with Crippen LogP contribution in [-0.4, -0.2) is 30.4 Å². The van der Waals surface area contributed by atoms with Crippen LogP contribution in [0.5, 0.6) is 0 Å². The average Bonchev–Trinajstić information content (AvgIpc) is 1.85. The molecule has 0 aromatic rings. The summed E-state index contributed by atoms with van der Waals surface area (Å²) in [5.74, 6) is -0.412. The molecule has 0 bridgehead atoms. The number of amides is 1. The fourth-order valence-corrected chi connectivity index (χ4v) is 0.767. The molecule has 3 nitrogen and oxygen atoms in total. The highest BCUT2D eigenvalue weighted by atomic mass is 16.1. The lowest BCUT2D eigenvalue weighted by Crippen LogP contribution is -2.39. The maximum atomic E-state index is 10.7. The molecule has 0 radical (unpaired) electrons. The van der Waals surface area contributed by atoms with Crippen molar-refractivity contribution in [2.24, 2.45) is 5.73 Å². The van der Waals surface area contributed by atoms with E-state index in [0.717, 1.165) is 0 Å². The molecule has 0 aromatic heterocycles. The Bertz CT molecular complexity index is 195. The molecule has 0 atom stereocenters. The summed E-state index contributed by atoms with van der Waals surface area (Å²) in [4.78, 5) is 12.7. The van der Waals surface area contributed by atoms with Crippen LogP contribution < -0.4 is 5.73 Å². The highest BCUT2D eigenvalue weighted by Gasteiger charge is 2.22. The van der Waals surface area contributed by atoms with Crippen LogP contribution in [0.15, 0.2) is 12.2 Å². The van der Waals surface area contributed by atoms with Gasteiger partial charge in [0, 0.05) is 11.1 Å². The largest absolute Gasteiger partial charge is 0.366 e. The number of rotatable bonds is 4. The zero-order chi connectivity index (χ0) is 9.94. The highest BCUT2D eigenvalue weighted by Crippen LogP contribution is 2.19. The van der Waals surface area contributed by atoms with Crippen molar-refractivity contribution in [3.8, 4) is 0 Å². The van der Waals surface area contributed by atoms with Gasteiger partial charge in [0.2, 0.25) is 5.91 Å². The van der Waals surface area contributed by atoms with E-state index in [4.69, 9.17) is 5.73 Å². The van der Waals surface area contributed by atoms with Gasteiger partial charge in [0.25, 0.3) is 0 Å². The van der Waals surface area contributed by atoms with Gasteiger partial charge in [-0.15, -0.1) is 0 Å². The average molecular weight is 170 g/mol. The quantitative estimate of drug-likeness (QED) is 0.633. The summed E-state index contributed by atoms with van der Waals surface area (Å²) in [6.07, 6.45) is 0.606. The van der Waals surface area contributed by atoms with Crippen LogP contribution in [0.3, 0.4) is 0 Å². The first kappa shape index (κ1) is 11.2. The second-order valence-corrected chi connectivity index (χ2v) is 3.85. The summed E-state index contributed by atoms with van der Waals surface area (Å²) in [6.45, 7) is 7.71. The lowest BCUT2D eigenvalue weighted by molar-refractivity contribution is -0.114. The monoisotopic (exact) mass is 170 g/mol. The first-order valence-corrected chi connectivity index (χ1v) is 3.92. The van der Waals surface area contributed by atoms with E-state index in [9.17, 15) is 4.79 Å². The molecule has 0 spiro atoms. The summed E-state index contributed by atoms with van der Waals surface area (Å²) in [6, 6.07) is 0. The highest BCUT2D eigenvalue weighted by molar-refractivity contribution is 5.91. The molecule has 70 valence electrons. The van der Waals surface area contributed by atoms with Crippen molar-refractivity contribution in [2.75, 3.05) is 14.1 Å². The van der Waals surface area contributed by atoms with Gasteiger partial charge in [-0.1, -0.05) is 6.58 Å². The van der Waals surface area contributed by atoms with Crippen LogP contribution in [0.1, 0.15) is 20.3 Å². The predicted molar refractivity (Wildman–Crippen MR) is 50.7 cm³/mol. The molecular formula is C9H18N2O. The van der Waals surface area contributed by atoms with Crippen LogP contribution >= 0.6 is 0 Å². The molecule has 12 heavy (non-hydrogen) atoms. The van der Waals surface area contributed by atoms with Crippen molar-refractivity contribution in [2.45, 2.75) is 25.8 Å². The predicted octanol–water partition coefficient (Wildman–Crippen LogP) is 0.758. The zero-order valence-corrected chi connectivity index (χ0v) is 8.35. The third-order valence-electron chi connectivity index (χ3n) is 2.21. The number of carbonyl (C=O) groups excluding carboxylic acids is 1. The molecule has 0 rings (SSSR count). The molecule has 0 aliphatic rings. The fourth-order valence-electron chi connectivity index (χ4n) is 0.767. The van der Waals surface area contributed by atoms with Crippen molar-refractivity contribution < 1.29 is 4.79 Å². The molecular weight excluding hydrogens is 152 g/mol. The molecule has 0 aliphatic heterocycles. The Balaban J connectivity index is 4.25. The molecule has 0 heterocycles. The van der Waals surface area contributed by atoms with Crippen molar-refractivity contribution in [1.29, 1.82) is 0 Å². The molecule has 2 N–H and O–H groups in total. The standard InChI is InChI=1S/C9H18N2O/c1-7(8(10)12)6-9(2,3)11(4)5/h1,6H2,2-5H3,(H2,10,12). The normalized spacial score (nSPS) is 11.8. The maximum Gasteiger partial charge on any atom is 0.244 e. The number of carbonyl (C=O) groups is 1. The van der Waals surface area contributed by atoms with Gasteiger partial charge < -0.3 is 10.6 Å². The van der Waals surface area contributed by atoms with Crippen LogP contribution in [0.2, 0.25) is 0 Å². The van der Waals surface area contributed by atoms with Gasteiger partial charge in [0.15, 0.2) is 0 Å². The summed E-state index contributed by atoms with van der Waals surface area (Å²) >= 11 is 0. The summed E-state index contributed by atoms with van der Waals surface area (Å²) < 4.78 is 0. The van der Waals surface area contributed by atoms with E-state index in [1.807, 2.05) is 32.8 Å². The lowest BCUT2D eigenvalue weighted by Gasteiger charge is -2.32. The fraction of sp³-hybridized carbons (Fsp3) is 0.667. The van der Waals surface area contributed by atoms with Crippen molar-refractivity contribution >= 4 is 5.91 Å². The molecule has 0 aliphatic carbocycles. The van der Waals surface area contributed by atoms with E-state index in [2.05, 4.69) is 6.58 Å². The Kier molecular flexibility index (Phi) is 3.46. The van der Waals surface area contributed by atoms with E-state index in [0.29, 0.717) is 12.0 Å². The Hall–Kier alpha value is -0.830. The number of nitrogens with two attached hydrogens (primary N) is 1. The Labute approximate surface area is 74.2 Å². The molecule has 0 aromatic carbocycles.